The number of nitrogens with zero attached hydrogens (tertiary/aromatic N) is 1. The maximum atomic E-state index is 12.4. The molecule has 7 heteroatoms. The summed E-state index contributed by atoms with van der Waals surface area (Å²) in [5, 5.41) is 11.4. The second-order valence-electron chi connectivity index (χ2n) is 5.36. The summed E-state index contributed by atoms with van der Waals surface area (Å²) in [6.45, 7) is 3.21. The van der Waals surface area contributed by atoms with Gasteiger partial charge in [0.25, 0.3) is 5.91 Å². The maximum Gasteiger partial charge on any atom is 0.340 e. The number of nitriles is 1. The Morgan fingerprint density at radius 3 is 2.46 bits per heavy atom. The molecule has 0 radical (unpaired) electrons. The molecule has 1 amide bonds. The van der Waals surface area contributed by atoms with Crippen LogP contribution in [0, 0.1) is 11.3 Å². The van der Waals surface area contributed by atoms with Gasteiger partial charge < -0.3 is 10.1 Å². The number of ether oxygens (including phenoxy) is 1. The standard InChI is InChI=1S/C19H18N2O4S/c1-3-26(24)17-7-5-4-6-16(17)19(23)25-13(2)18(22)21-15-10-8-14(12-20)9-11-15/h4-11,13H,3H2,1-2H3,(H,21,22)/t13-,26-/m1/s1. The number of esters is 1. The van der Waals surface area contributed by atoms with Crippen LogP contribution in [0.5, 0.6) is 0 Å². The van der Waals surface area contributed by atoms with Gasteiger partial charge in [-0.2, -0.15) is 5.26 Å². The highest BCUT2D eigenvalue weighted by atomic mass is 32.2. The quantitative estimate of drug-likeness (QED) is 0.789. The van der Waals surface area contributed by atoms with E-state index in [4.69, 9.17) is 10.00 Å². The highest BCUT2D eigenvalue weighted by Gasteiger charge is 2.22. The number of carbonyl (C=O) groups excluding carboxylic acids is 2. The Morgan fingerprint density at radius 2 is 1.85 bits per heavy atom. The Balaban J connectivity index is 2.05. The van der Waals surface area contributed by atoms with Crippen LogP contribution in [0.3, 0.4) is 0 Å². The van der Waals surface area contributed by atoms with E-state index in [9.17, 15) is 13.8 Å². The van der Waals surface area contributed by atoms with Crippen LogP contribution in [-0.4, -0.2) is 27.9 Å². The second kappa shape index (κ2) is 8.92. The monoisotopic (exact) mass is 370 g/mol. The summed E-state index contributed by atoms with van der Waals surface area (Å²) in [5.41, 5.74) is 1.15. The normalized spacial score (nSPS) is 12.5. The van der Waals surface area contributed by atoms with E-state index in [-0.39, 0.29) is 5.56 Å². The first-order valence-corrected chi connectivity index (χ1v) is 9.27. The lowest BCUT2D eigenvalue weighted by Gasteiger charge is -2.15. The van der Waals surface area contributed by atoms with Crippen LogP contribution in [0.1, 0.15) is 29.8 Å². The van der Waals surface area contributed by atoms with Crippen LogP contribution in [0.4, 0.5) is 5.69 Å². The van der Waals surface area contributed by atoms with Crippen molar-refractivity contribution >= 4 is 28.4 Å². The molecular weight excluding hydrogens is 352 g/mol. The maximum absolute atomic E-state index is 12.4. The largest absolute Gasteiger partial charge is 0.449 e. The summed E-state index contributed by atoms with van der Waals surface area (Å²) in [6.07, 6.45) is -1.04. The van der Waals surface area contributed by atoms with Gasteiger partial charge in [0.2, 0.25) is 0 Å². The predicted octanol–water partition coefficient (Wildman–Crippen LogP) is 2.87. The van der Waals surface area contributed by atoms with Gasteiger partial charge in [0.05, 0.1) is 32.9 Å². The lowest BCUT2D eigenvalue weighted by Crippen LogP contribution is -2.30. The van der Waals surface area contributed by atoms with E-state index in [1.165, 1.54) is 13.0 Å². The number of hydrogen-bond donors (Lipinski definition) is 1. The Bertz CT molecular complexity index is 872. The van der Waals surface area contributed by atoms with Gasteiger partial charge in [-0.25, -0.2) is 4.79 Å². The number of nitrogens with one attached hydrogen (secondary N) is 1. The van der Waals surface area contributed by atoms with Crippen LogP contribution in [0.2, 0.25) is 0 Å². The summed E-state index contributed by atoms with van der Waals surface area (Å²) in [7, 11) is -1.31. The minimum atomic E-state index is -1.31. The third-order valence-electron chi connectivity index (χ3n) is 3.55. The van der Waals surface area contributed by atoms with E-state index in [0.717, 1.165) is 0 Å². The molecule has 0 fully saturated rings. The zero-order chi connectivity index (χ0) is 19.1. The van der Waals surface area contributed by atoms with E-state index >= 15 is 0 Å². The molecule has 0 unspecified atom stereocenters. The minimum absolute atomic E-state index is 0.186. The van der Waals surface area contributed by atoms with Crippen LogP contribution >= 0.6 is 0 Å². The van der Waals surface area contributed by atoms with Crippen molar-refractivity contribution in [3.8, 4) is 6.07 Å². The summed E-state index contributed by atoms with van der Waals surface area (Å²) in [6, 6.07) is 14.8. The van der Waals surface area contributed by atoms with E-state index in [1.807, 2.05) is 6.07 Å². The lowest BCUT2D eigenvalue weighted by molar-refractivity contribution is -0.123. The molecule has 2 rings (SSSR count). The number of hydrogen-bond acceptors (Lipinski definition) is 5. The Hall–Kier alpha value is -2.98. The summed E-state index contributed by atoms with van der Waals surface area (Å²) >= 11 is 0. The van der Waals surface area contributed by atoms with Crippen molar-refractivity contribution in [1.29, 1.82) is 5.26 Å². The zero-order valence-electron chi connectivity index (χ0n) is 14.4. The molecule has 0 spiro atoms. The van der Waals surface area contributed by atoms with Crippen LogP contribution in [0.25, 0.3) is 0 Å². The molecule has 0 heterocycles. The molecule has 2 atom stereocenters. The molecule has 134 valence electrons. The molecular formula is C19H18N2O4S. The van der Waals surface area contributed by atoms with Gasteiger partial charge in [0.1, 0.15) is 0 Å². The molecule has 0 aliphatic heterocycles. The number of amides is 1. The third kappa shape index (κ3) is 4.77. The topological polar surface area (TPSA) is 96.3 Å². The number of rotatable bonds is 6. The van der Waals surface area contributed by atoms with Crippen LogP contribution < -0.4 is 5.32 Å². The molecule has 2 aromatic carbocycles. The van der Waals surface area contributed by atoms with Crippen molar-refractivity contribution < 1.29 is 18.5 Å². The van der Waals surface area contributed by atoms with E-state index < -0.39 is 28.8 Å². The van der Waals surface area contributed by atoms with Gasteiger partial charge >= 0.3 is 5.97 Å². The van der Waals surface area contributed by atoms with Crippen molar-refractivity contribution in [2.45, 2.75) is 24.8 Å². The van der Waals surface area contributed by atoms with Crippen molar-refractivity contribution in [2.24, 2.45) is 0 Å². The number of carbonyl (C=O) groups is 2. The zero-order valence-corrected chi connectivity index (χ0v) is 15.2. The third-order valence-corrected chi connectivity index (χ3v) is 4.92. The highest BCUT2D eigenvalue weighted by Crippen LogP contribution is 2.16. The molecule has 0 bridgehead atoms. The fourth-order valence-electron chi connectivity index (χ4n) is 2.14. The van der Waals surface area contributed by atoms with Crippen molar-refractivity contribution in [2.75, 3.05) is 11.1 Å². The van der Waals surface area contributed by atoms with E-state index in [2.05, 4.69) is 5.32 Å². The van der Waals surface area contributed by atoms with Gasteiger partial charge in [-0.05, 0) is 43.3 Å². The average molecular weight is 370 g/mol. The van der Waals surface area contributed by atoms with E-state index in [0.29, 0.717) is 21.9 Å². The van der Waals surface area contributed by atoms with Crippen molar-refractivity contribution in [3.05, 3.63) is 59.7 Å². The second-order valence-corrected chi connectivity index (χ2v) is 7.06. The van der Waals surface area contributed by atoms with Gasteiger partial charge in [0.15, 0.2) is 6.10 Å². The molecule has 1 N–H and O–H groups in total. The summed E-state index contributed by atoms with van der Waals surface area (Å²) in [4.78, 5) is 24.9. The van der Waals surface area contributed by atoms with E-state index in [1.54, 1.807) is 49.4 Å². The van der Waals surface area contributed by atoms with Gasteiger partial charge in [-0.3, -0.25) is 9.00 Å². The molecule has 0 aliphatic carbocycles. The first kappa shape index (κ1) is 19.3. The van der Waals surface area contributed by atoms with Crippen LogP contribution in [-0.2, 0) is 20.3 Å². The first-order chi connectivity index (χ1) is 12.5. The minimum Gasteiger partial charge on any atom is -0.449 e. The molecule has 26 heavy (non-hydrogen) atoms. The van der Waals surface area contributed by atoms with Crippen LogP contribution in [0.15, 0.2) is 53.4 Å². The molecule has 0 saturated carbocycles. The summed E-state index contributed by atoms with van der Waals surface area (Å²) < 4.78 is 17.3. The molecule has 0 saturated heterocycles. The Morgan fingerprint density at radius 1 is 1.19 bits per heavy atom. The molecule has 0 aromatic heterocycles. The Kier molecular flexibility index (Phi) is 6.64. The van der Waals surface area contributed by atoms with Gasteiger partial charge in [0, 0.05) is 11.4 Å². The number of benzene rings is 2. The molecule has 2 aromatic rings. The SMILES string of the molecule is CC[S@@](=O)c1ccccc1C(=O)O[C@H](C)C(=O)Nc1ccc(C#N)cc1. The summed E-state index contributed by atoms with van der Waals surface area (Å²) in [5.74, 6) is -0.832. The van der Waals surface area contributed by atoms with Crippen molar-refractivity contribution in [3.63, 3.8) is 0 Å². The highest BCUT2D eigenvalue weighted by molar-refractivity contribution is 7.85. The van der Waals surface area contributed by atoms with Gasteiger partial charge in [-0.1, -0.05) is 19.1 Å². The molecule has 6 nitrogen and oxygen atoms in total. The lowest BCUT2D eigenvalue weighted by atomic mass is 10.2. The first-order valence-electron chi connectivity index (χ1n) is 7.95. The van der Waals surface area contributed by atoms with Crippen molar-refractivity contribution in [1.82, 2.24) is 0 Å². The fourth-order valence-corrected chi connectivity index (χ4v) is 3.08. The molecule has 0 aliphatic rings. The van der Waals surface area contributed by atoms with Gasteiger partial charge in [-0.15, -0.1) is 0 Å². The average Bonchev–Trinajstić information content (AvgIpc) is 2.67. The Labute approximate surface area is 154 Å². The fraction of sp³-hybridized carbons (Fsp3) is 0.211. The smallest absolute Gasteiger partial charge is 0.340 e. The predicted molar refractivity (Wildman–Crippen MR) is 98.1 cm³/mol. The number of anilines is 1.